The molecule has 1 aromatic heterocycles. The van der Waals surface area contributed by atoms with Gasteiger partial charge in [0, 0.05) is 12.6 Å². The summed E-state index contributed by atoms with van der Waals surface area (Å²) >= 11 is 0. The first-order valence-electron chi connectivity index (χ1n) is 3.60. The SMILES string of the molecule is Cc1cc(C(O)(CN)C(=O)O)on1. The minimum atomic E-state index is -2.18. The Bertz CT molecular complexity index is 322. The van der Waals surface area contributed by atoms with Gasteiger partial charge in [-0.15, -0.1) is 0 Å². The molecule has 0 radical (unpaired) electrons. The van der Waals surface area contributed by atoms with Crippen LogP contribution in [0.3, 0.4) is 0 Å². The van der Waals surface area contributed by atoms with Gasteiger partial charge in [-0.2, -0.15) is 0 Å². The highest BCUT2D eigenvalue weighted by molar-refractivity contribution is 5.78. The van der Waals surface area contributed by atoms with Crippen molar-refractivity contribution >= 4 is 5.97 Å². The van der Waals surface area contributed by atoms with E-state index in [1.807, 2.05) is 0 Å². The number of aliphatic hydroxyl groups is 1. The number of aliphatic carboxylic acids is 1. The van der Waals surface area contributed by atoms with Gasteiger partial charge >= 0.3 is 5.97 Å². The normalized spacial score (nSPS) is 15.3. The Hall–Kier alpha value is -1.40. The first kappa shape index (κ1) is 9.69. The van der Waals surface area contributed by atoms with E-state index in [4.69, 9.17) is 10.8 Å². The minimum absolute atomic E-state index is 0.153. The predicted molar refractivity (Wildman–Crippen MR) is 41.8 cm³/mol. The van der Waals surface area contributed by atoms with Crippen molar-refractivity contribution in [3.05, 3.63) is 17.5 Å². The standard InChI is InChI=1S/C7H10N2O4/c1-4-2-5(13-9-4)7(12,3-8)6(10)11/h2,12H,3,8H2,1H3,(H,10,11). The van der Waals surface area contributed by atoms with E-state index in [1.165, 1.54) is 6.07 Å². The van der Waals surface area contributed by atoms with E-state index in [2.05, 4.69) is 9.68 Å². The predicted octanol–water partition coefficient (Wildman–Crippen LogP) is -0.786. The van der Waals surface area contributed by atoms with Crippen LogP contribution in [0.15, 0.2) is 10.6 Å². The zero-order valence-electron chi connectivity index (χ0n) is 7.02. The molecule has 72 valence electrons. The Morgan fingerprint density at radius 3 is 2.77 bits per heavy atom. The van der Waals surface area contributed by atoms with E-state index in [0.29, 0.717) is 5.69 Å². The first-order valence-corrected chi connectivity index (χ1v) is 3.60. The summed E-state index contributed by atoms with van der Waals surface area (Å²) in [4.78, 5) is 10.6. The van der Waals surface area contributed by atoms with Gasteiger partial charge in [-0.25, -0.2) is 4.79 Å². The molecule has 4 N–H and O–H groups in total. The van der Waals surface area contributed by atoms with Crippen LogP contribution in [0.1, 0.15) is 11.5 Å². The van der Waals surface area contributed by atoms with Gasteiger partial charge in [0.15, 0.2) is 5.76 Å². The van der Waals surface area contributed by atoms with Crippen molar-refractivity contribution in [3.63, 3.8) is 0 Å². The van der Waals surface area contributed by atoms with Crippen molar-refractivity contribution in [3.8, 4) is 0 Å². The number of aromatic nitrogens is 1. The average Bonchev–Trinajstić information content (AvgIpc) is 2.50. The number of hydrogen-bond acceptors (Lipinski definition) is 5. The van der Waals surface area contributed by atoms with Crippen molar-refractivity contribution in [1.29, 1.82) is 0 Å². The number of carboxylic acid groups (broad SMARTS) is 1. The molecular weight excluding hydrogens is 176 g/mol. The van der Waals surface area contributed by atoms with Gasteiger partial charge in [-0.3, -0.25) is 0 Å². The Morgan fingerprint density at radius 2 is 2.46 bits per heavy atom. The maximum atomic E-state index is 10.6. The molecule has 0 aliphatic rings. The fraction of sp³-hybridized carbons (Fsp3) is 0.429. The number of aryl methyl sites for hydroxylation is 1. The summed E-state index contributed by atoms with van der Waals surface area (Å²) in [7, 11) is 0. The number of rotatable bonds is 3. The van der Waals surface area contributed by atoms with E-state index in [-0.39, 0.29) is 5.76 Å². The Balaban J connectivity index is 3.09. The van der Waals surface area contributed by atoms with Crippen molar-refractivity contribution in [2.75, 3.05) is 6.54 Å². The molecule has 6 nitrogen and oxygen atoms in total. The maximum Gasteiger partial charge on any atom is 0.345 e. The van der Waals surface area contributed by atoms with Crippen LogP contribution in [-0.2, 0) is 10.4 Å². The number of carbonyl (C=O) groups is 1. The number of hydrogen-bond donors (Lipinski definition) is 3. The average molecular weight is 186 g/mol. The highest BCUT2D eigenvalue weighted by Gasteiger charge is 2.40. The third kappa shape index (κ3) is 1.53. The van der Waals surface area contributed by atoms with Gasteiger partial charge in [0.2, 0.25) is 5.60 Å². The zero-order chi connectivity index (χ0) is 10.1. The Labute approximate surface area is 73.9 Å². The highest BCUT2D eigenvalue weighted by Crippen LogP contribution is 2.20. The van der Waals surface area contributed by atoms with Crippen LogP contribution in [0.25, 0.3) is 0 Å². The second-order valence-electron chi connectivity index (χ2n) is 2.70. The monoisotopic (exact) mass is 186 g/mol. The smallest absolute Gasteiger partial charge is 0.345 e. The fourth-order valence-corrected chi connectivity index (χ4v) is 0.852. The van der Waals surface area contributed by atoms with Crippen LogP contribution in [0, 0.1) is 6.92 Å². The lowest BCUT2D eigenvalue weighted by atomic mass is 10.0. The number of nitrogens with two attached hydrogens (primary N) is 1. The lowest BCUT2D eigenvalue weighted by Crippen LogP contribution is -2.42. The highest BCUT2D eigenvalue weighted by atomic mass is 16.5. The second kappa shape index (κ2) is 3.15. The minimum Gasteiger partial charge on any atom is -0.479 e. The molecule has 1 atom stereocenters. The first-order chi connectivity index (χ1) is 6.00. The third-order valence-electron chi connectivity index (χ3n) is 1.68. The second-order valence-corrected chi connectivity index (χ2v) is 2.70. The molecule has 0 bridgehead atoms. The molecular formula is C7H10N2O4. The molecule has 1 aromatic rings. The molecule has 13 heavy (non-hydrogen) atoms. The van der Waals surface area contributed by atoms with Crippen molar-refractivity contribution in [2.24, 2.45) is 5.73 Å². The van der Waals surface area contributed by atoms with Crippen LogP contribution >= 0.6 is 0 Å². The largest absolute Gasteiger partial charge is 0.479 e. The van der Waals surface area contributed by atoms with Crippen molar-refractivity contribution < 1.29 is 19.5 Å². The van der Waals surface area contributed by atoms with Gasteiger partial charge < -0.3 is 20.5 Å². The molecule has 0 saturated carbocycles. The fourth-order valence-electron chi connectivity index (χ4n) is 0.852. The third-order valence-corrected chi connectivity index (χ3v) is 1.68. The van der Waals surface area contributed by atoms with E-state index in [0.717, 1.165) is 0 Å². The zero-order valence-corrected chi connectivity index (χ0v) is 7.02. The topological polar surface area (TPSA) is 110 Å². The molecule has 0 aromatic carbocycles. The molecule has 6 heteroatoms. The van der Waals surface area contributed by atoms with E-state index < -0.39 is 18.1 Å². The van der Waals surface area contributed by atoms with Gasteiger partial charge in [0.05, 0.1) is 5.69 Å². The number of carboxylic acids is 1. The molecule has 1 heterocycles. The Morgan fingerprint density at radius 1 is 1.85 bits per heavy atom. The van der Waals surface area contributed by atoms with E-state index >= 15 is 0 Å². The summed E-state index contributed by atoms with van der Waals surface area (Å²) in [5, 5.41) is 21.7. The van der Waals surface area contributed by atoms with Gasteiger partial charge in [0.1, 0.15) is 0 Å². The van der Waals surface area contributed by atoms with Gasteiger partial charge in [-0.05, 0) is 6.92 Å². The van der Waals surface area contributed by atoms with Crippen molar-refractivity contribution in [1.82, 2.24) is 5.16 Å². The molecule has 0 aliphatic heterocycles. The van der Waals surface area contributed by atoms with Crippen LogP contribution in [0.4, 0.5) is 0 Å². The molecule has 1 rings (SSSR count). The summed E-state index contributed by atoms with van der Waals surface area (Å²) < 4.78 is 4.62. The summed E-state index contributed by atoms with van der Waals surface area (Å²) in [5.41, 5.74) is 3.44. The van der Waals surface area contributed by atoms with E-state index in [1.54, 1.807) is 6.92 Å². The molecule has 1 unspecified atom stereocenters. The van der Waals surface area contributed by atoms with Crippen LogP contribution < -0.4 is 5.73 Å². The van der Waals surface area contributed by atoms with Gasteiger partial charge in [-0.1, -0.05) is 5.16 Å². The molecule has 0 saturated heterocycles. The van der Waals surface area contributed by atoms with Crippen LogP contribution in [0.2, 0.25) is 0 Å². The quantitative estimate of drug-likeness (QED) is 0.570. The van der Waals surface area contributed by atoms with Crippen molar-refractivity contribution in [2.45, 2.75) is 12.5 Å². The maximum absolute atomic E-state index is 10.6. The molecule has 0 amide bonds. The summed E-state index contributed by atoms with van der Waals surface area (Å²) in [6.45, 7) is 1.16. The summed E-state index contributed by atoms with van der Waals surface area (Å²) in [5.74, 6) is -1.61. The molecule has 0 spiro atoms. The molecule has 0 aliphatic carbocycles. The van der Waals surface area contributed by atoms with Gasteiger partial charge in [0.25, 0.3) is 0 Å². The Kier molecular flexibility index (Phi) is 2.35. The lowest BCUT2D eigenvalue weighted by Gasteiger charge is -2.16. The molecule has 0 fully saturated rings. The van der Waals surface area contributed by atoms with Crippen LogP contribution in [0.5, 0.6) is 0 Å². The lowest BCUT2D eigenvalue weighted by molar-refractivity contribution is -0.160. The van der Waals surface area contributed by atoms with Crippen LogP contribution in [-0.4, -0.2) is 27.9 Å². The van der Waals surface area contributed by atoms with E-state index in [9.17, 15) is 9.90 Å². The summed E-state index contributed by atoms with van der Waals surface area (Å²) in [6, 6.07) is 1.33. The summed E-state index contributed by atoms with van der Waals surface area (Å²) in [6.07, 6.45) is 0. The number of nitrogens with zero attached hydrogens (tertiary/aromatic N) is 1.